The Balaban J connectivity index is 2.24. The summed E-state index contributed by atoms with van der Waals surface area (Å²) in [7, 11) is 1.48. The minimum atomic E-state index is -0.282. The molecule has 1 heterocycles. The Morgan fingerprint density at radius 2 is 2.15 bits per heavy atom. The number of nitrogens with one attached hydrogen (secondary N) is 1. The Bertz CT molecular complexity index is 640. The van der Waals surface area contributed by atoms with Crippen molar-refractivity contribution >= 4 is 27.8 Å². The molecular formula is C14H15FN2O2S. The van der Waals surface area contributed by atoms with E-state index < -0.39 is 0 Å². The fourth-order valence-corrected chi connectivity index (χ4v) is 2.81. The number of ether oxygens (including phenoxy) is 1. The van der Waals surface area contributed by atoms with Crippen molar-refractivity contribution in [2.75, 3.05) is 18.2 Å². The van der Waals surface area contributed by atoms with Crippen molar-refractivity contribution in [3.8, 4) is 5.75 Å². The molecule has 0 aliphatic heterocycles. The third-order valence-corrected chi connectivity index (χ3v) is 4.07. The molecule has 0 aliphatic carbocycles. The molecule has 106 valence electrons. The lowest BCUT2D eigenvalue weighted by atomic mass is 10.2. The Labute approximate surface area is 120 Å². The zero-order valence-electron chi connectivity index (χ0n) is 11.2. The molecule has 0 unspecified atom stereocenters. The van der Waals surface area contributed by atoms with Crippen LogP contribution in [0.1, 0.15) is 22.2 Å². The van der Waals surface area contributed by atoms with Gasteiger partial charge in [0, 0.05) is 19.0 Å². The zero-order valence-corrected chi connectivity index (χ0v) is 12.0. The molecule has 2 aromatic rings. The Morgan fingerprint density at radius 1 is 1.45 bits per heavy atom. The van der Waals surface area contributed by atoms with Crippen LogP contribution < -0.4 is 15.8 Å². The maximum absolute atomic E-state index is 13.5. The van der Waals surface area contributed by atoms with Gasteiger partial charge < -0.3 is 15.8 Å². The number of nitrogen functional groups attached to an aromatic ring is 1. The number of halogens is 1. The summed E-state index contributed by atoms with van der Waals surface area (Å²) in [6, 6.07) is 6.49. The van der Waals surface area contributed by atoms with Crippen molar-refractivity contribution in [3.05, 3.63) is 40.5 Å². The molecule has 3 N–H and O–H groups in total. The summed E-state index contributed by atoms with van der Waals surface area (Å²) in [5, 5.41) is 3.68. The molecule has 1 aromatic heterocycles. The molecule has 0 spiro atoms. The number of hydrogen-bond acceptors (Lipinski definition) is 5. The third-order valence-electron chi connectivity index (χ3n) is 2.82. The molecule has 0 saturated carbocycles. The van der Waals surface area contributed by atoms with Crippen molar-refractivity contribution < 1.29 is 13.9 Å². The SMILES string of the molecule is COc1c(NCc2ccccc2F)sc(C(C)=O)c1N. The fraction of sp³-hybridized carbons (Fsp3) is 0.214. The Hall–Kier alpha value is -2.08. The summed E-state index contributed by atoms with van der Waals surface area (Å²) in [6.07, 6.45) is 0. The standard InChI is InChI=1S/C14H15FN2O2S/c1-8(18)13-11(16)12(19-2)14(20-13)17-7-9-5-3-4-6-10(9)15/h3-6,17H,7,16H2,1-2H3. The van der Waals surface area contributed by atoms with Crippen molar-refractivity contribution in [1.29, 1.82) is 0 Å². The second kappa shape index (κ2) is 5.92. The predicted octanol–water partition coefficient (Wildman–Crippen LogP) is 3.29. The summed E-state index contributed by atoms with van der Waals surface area (Å²) >= 11 is 1.21. The lowest BCUT2D eigenvalue weighted by Crippen LogP contribution is -2.01. The first kappa shape index (κ1) is 14.3. The maximum Gasteiger partial charge on any atom is 0.176 e. The van der Waals surface area contributed by atoms with E-state index in [1.165, 1.54) is 31.4 Å². The van der Waals surface area contributed by atoms with Gasteiger partial charge in [-0.05, 0) is 6.07 Å². The minimum Gasteiger partial charge on any atom is -0.492 e. The molecule has 4 nitrogen and oxygen atoms in total. The molecule has 0 radical (unpaired) electrons. The molecule has 20 heavy (non-hydrogen) atoms. The summed E-state index contributed by atoms with van der Waals surface area (Å²) in [5.74, 6) is 0.0246. The lowest BCUT2D eigenvalue weighted by Gasteiger charge is -2.07. The van der Waals surface area contributed by atoms with Gasteiger partial charge in [-0.1, -0.05) is 18.2 Å². The van der Waals surface area contributed by atoms with Crippen LogP contribution >= 0.6 is 11.3 Å². The number of nitrogens with two attached hydrogens (primary N) is 1. The van der Waals surface area contributed by atoms with Crippen LogP contribution in [0.3, 0.4) is 0 Å². The van der Waals surface area contributed by atoms with E-state index in [9.17, 15) is 9.18 Å². The maximum atomic E-state index is 13.5. The summed E-state index contributed by atoms with van der Waals surface area (Å²) in [5.41, 5.74) is 6.72. The van der Waals surface area contributed by atoms with E-state index in [4.69, 9.17) is 10.5 Å². The normalized spacial score (nSPS) is 10.3. The van der Waals surface area contributed by atoms with Gasteiger partial charge in [0.15, 0.2) is 11.5 Å². The van der Waals surface area contributed by atoms with Crippen LogP contribution in [-0.2, 0) is 6.54 Å². The van der Waals surface area contributed by atoms with Gasteiger partial charge in [-0.15, -0.1) is 11.3 Å². The highest BCUT2D eigenvalue weighted by atomic mass is 32.1. The molecular weight excluding hydrogens is 279 g/mol. The average molecular weight is 294 g/mol. The van der Waals surface area contributed by atoms with E-state index in [0.29, 0.717) is 33.4 Å². The van der Waals surface area contributed by atoms with Crippen molar-refractivity contribution in [1.82, 2.24) is 0 Å². The van der Waals surface area contributed by atoms with Crippen LogP contribution in [0.2, 0.25) is 0 Å². The quantitative estimate of drug-likeness (QED) is 0.831. The van der Waals surface area contributed by atoms with Gasteiger partial charge in [-0.2, -0.15) is 0 Å². The van der Waals surface area contributed by atoms with E-state index in [1.54, 1.807) is 18.2 Å². The molecule has 0 bridgehead atoms. The highest BCUT2D eigenvalue weighted by Gasteiger charge is 2.19. The molecule has 0 aliphatic rings. The van der Waals surface area contributed by atoms with Crippen molar-refractivity contribution in [3.63, 3.8) is 0 Å². The molecule has 6 heteroatoms. The molecule has 0 atom stereocenters. The summed E-state index contributed by atoms with van der Waals surface area (Å²) < 4.78 is 18.7. The molecule has 0 fully saturated rings. The number of rotatable bonds is 5. The highest BCUT2D eigenvalue weighted by Crippen LogP contribution is 2.42. The molecule has 1 aromatic carbocycles. The number of benzene rings is 1. The number of carbonyl (C=O) groups excluding carboxylic acids is 1. The number of anilines is 2. The second-order valence-corrected chi connectivity index (χ2v) is 5.23. The van der Waals surface area contributed by atoms with Crippen LogP contribution in [0.25, 0.3) is 0 Å². The van der Waals surface area contributed by atoms with Crippen LogP contribution in [0.4, 0.5) is 15.1 Å². The smallest absolute Gasteiger partial charge is 0.176 e. The van der Waals surface area contributed by atoms with E-state index in [2.05, 4.69) is 5.32 Å². The number of thiophene rings is 1. The minimum absolute atomic E-state index is 0.121. The zero-order chi connectivity index (χ0) is 14.7. The average Bonchev–Trinajstić information content (AvgIpc) is 2.74. The number of ketones is 1. The summed E-state index contributed by atoms with van der Waals surface area (Å²) in [4.78, 5) is 11.9. The van der Waals surface area contributed by atoms with E-state index in [-0.39, 0.29) is 11.6 Å². The Kier molecular flexibility index (Phi) is 4.24. The van der Waals surface area contributed by atoms with Crippen molar-refractivity contribution in [2.24, 2.45) is 0 Å². The number of hydrogen-bond donors (Lipinski definition) is 2. The molecule has 2 rings (SSSR count). The van der Waals surface area contributed by atoms with Gasteiger partial charge in [-0.3, -0.25) is 4.79 Å². The van der Waals surface area contributed by atoms with Gasteiger partial charge in [-0.25, -0.2) is 4.39 Å². The third kappa shape index (κ3) is 2.75. The topological polar surface area (TPSA) is 64.3 Å². The number of carbonyl (C=O) groups is 1. The summed E-state index contributed by atoms with van der Waals surface area (Å²) in [6.45, 7) is 1.74. The van der Waals surface area contributed by atoms with E-state index >= 15 is 0 Å². The van der Waals surface area contributed by atoms with Gasteiger partial charge in [0.25, 0.3) is 0 Å². The monoisotopic (exact) mass is 294 g/mol. The molecule has 0 amide bonds. The van der Waals surface area contributed by atoms with Crippen LogP contribution in [0.5, 0.6) is 5.75 Å². The number of methoxy groups -OCH3 is 1. The van der Waals surface area contributed by atoms with Gasteiger partial charge in [0.05, 0.1) is 17.7 Å². The van der Waals surface area contributed by atoms with Crippen molar-refractivity contribution in [2.45, 2.75) is 13.5 Å². The van der Waals surface area contributed by atoms with E-state index in [0.717, 1.165) is 0 Å². The largest absolute Gasteiger partial charge is 0.492 e. The first-order valence-electron chi connectivity index (χ1n) is 5.99. The van der Waals surface area contributed by atoms with Crippen LogP contribution in [0, 0.1) is 5.82 Å². The van der Waals surface area contributed by atoms with Gasteiger partial charge in [0.2, 0.25) is 0 Å². The molecule has 0 saturated heterocycles. The van der Waals surface area contributed by atoms with Gasteiger partial charge >= 0.3 is 0 Å². The van der Waals surface area contributed by atoms with Crippen LogP contribution in [0.15, 0.2) is 24.3 Å². The number of Topliss-reactive ketones (excluding diaryl/α,β-unsaturated/α-hetero) is 1. The fourth-order valence-electron chi connectivity index (χ4n) is 1.83. The Morgan fingerprint density at radius 3 is 2.75 bits per heavy atom. The van der Waals surface area contributed by atoms with E-state index in [1.807, 2.05) is 0 Å². The predicted molar refractivity (Wildman–Crippen MR) is 79.0 cm³/mol. The first-order valence-corrected chi connectivity index (χ1v) is 6.80. The van der Waals surface area contributed by atoms with Crippen LogP contribution in [-0.4, -0.2) is 12.9 Å². The highest BCUT2D eigenvalue weighted by molar-refractivity contribution is 7.19. The lowest BCUT2D eigenvalue weighted by molar-refractivity contribution is 0.102. The van der Waals surface area contributed by atoms with Gasteiger partial charge in [0.1, 0.15) is 10.8 Å². The second-order valence-electron chi connectivity index (χ2n) is 4.21. The first-order chi connectivity index (χ1) is 9.54.